The van der Waals surface area contributed by atoms with Crippen LogP contribution in [0.4, 0.5) is 0 Å². The van der Waals surface area contributed by atoms with Gasteiger partial charge < -0.3 is 9.80 Å². The van der Waals surface area contributed by atoms with Gasteiger partial charge in [-0.25, -0.2) is 0 Å². The molecule has 1 aromatic carbocycles. The van der Waals surface area contributed by atoms with Crippen molar-refractivity contribution in [1.29, 1.82) is 0 Å². The van der Waals surface area contributed by atoms with Crippen molar-refractivity contribution in [1.82, 2.24) is 9.80 Å². The minimum atomic E-state index is 0.580. The molecule has 1 aromatic rings. The van der Waals surface area contributed by atoms with E-state index in [1.165, 1.54) is 96.2 Å². The van der Waals surface area contributed by atoms with Gasteiger partial charge in [0.1, 0.15) is 0 Å². The van der Waals surface area contributed by atoms with Crippen LogP contribution in [0.1, 0.15) is 55.7 Å². The molecule has 1 aliphatic carbocycles. The SMILES string of the molecule is CCc1ccc2c(c1)CC1(CCCN(CCN3CCCC3)CC1)C2. The first kappa shape index (κ1) is 16.6. The van der Waals surface area contributed by atoms with Crippen LogP contribution < -0.4 is 0 Å². The molecule has 2 heterocycles. The van der Waals surface area contributed by atoms with Crippen molar-refractivity contribution in [3.8, 4) is 0 Å². The van der Waals surface area contributed by atoms with E-state index in [1.54, 1.807) is 11.1 Å². The molecule has 1 spiro atoms. The van der Waals surface area contributed by atoms with Gasteiger partial charge in [-0.3, -0.25) is 0 Å². The van der Waals surface area contributed by atoms with Crippen molar-refractivity contribution in [3.05, 3.63) is 34.9 Å². The number of hydrogen-bond acceptors (Lipinski definition) is 2. The van der Waals surface area contributed by atoms with Crippen molar-refractivity contribution in [3.63, 3.8) is 0 Å². The number of hydrogen-bond donors (Lipinski definition) is 0. The van der Waals surface area contributed by atoms with Crippen molar-refractivity contribution < 1.29 is 0 Å². The molecule has 2 nitrogen and oxygen atoms in total. The Bertz CT molecular complexity index is 561. The third kappa shape index (κ3) is 3.55. The zero-order valence-corrected chi connectivity index (χ0v) is 15.5. The van der Waals surface area contributed by atoms with Crippen molar-refractivity contribution in [2.45, 2.75) is 58.3 Å². The normalized spacial score (nSPS) is 28.4. The number of aryl methyl sites for hydroxylation is 1. The van der Waals surface area contributed by atoms with Gasteiger partial charge in [0, 0.05) is 13.1 Å². The zero-order valence-electron chi connectivity index (χ0n) is 15.5. The molecule has 2 aliphatic heterocycles. The van der Waals surface area contributed by atoms with Gasteiger partial charge in [0.15, 0.2) is 0 Å². The second-order valence-corrected chi connectivity index (χ2v) is 8.55. The van der Waals surface area contributed by atoms with Crippen LogP contribution >= 0.6 is 0 Å². The van der Waals surface area contributed by atoms with Crippen LogP contribution in [0.5, 0.6) is 0 Å². The molecule has 132 valence electrons. The second-order valence-electron chi connectivity index (χ2n) is 8.55. The Labute approximate surface area is 148 Å². The zero-order chi connectivity index (χ0) is 16.4. The maximum Gasteiger partial charge on any atom is 0.0109 e. The number of nitrogens with zero attached hydrogens (tertiary/aromatic N) is 2. The highest BCUT2D eigenvalue weighted by Crippen LogP contribution is 2.44. The summed E-state index contributed by atoms with van der Waals surface area (Å²) in [6.07, 6.45) is 10.9. The lowest BCUT2D eigenvalue weighted by molar-refractivity contribution is 0.214. The largest absolute Gasteiger partial charge is 0.302 e. The fourth-order valence-electron chi connectivity index (χ4n) is 5.28. The summed E-state index contributed by atoms with van der Waals surface area (Å²) in [7, 11) is 0. The minimum absolute atomic E-state index is 0.580. The summed E-state index contributed by atoms with van der Waals surface area (Å²) < 4.78 is 0. The topological polar surface area (TPSA) is 6.48 Å². The molecular weight excluding hydrogens is 292 g/mol. The molecule has 0 bridgehead atoms. The van der Waals surface area contributed by atoms with Crippen LogP contribution in [0.2, 0.25) is 0 Å². The Morgan fingerprint density at radius 1 is 0.833 bits per heavy atom. The second kappa shape index (κ2) is 7.17. The summed E-state index contributed by atoms with van der Waals surface area (Å²) in [5.41, 5.74) is 5.42. The molecular formula is C22H34N2. The molecule has 1 atom stereocenters. The molecule has 0 amide bonds. The summed E-state index contributed by atoms with van der Waals surface area (Å²) in [6.45, 7) is 10.2. The van der Waals surface area contributed by atoms with E-state index < -0.39 is 0 Å². The number of fused-ring (bicyclic) bond motifs is 1. The summed E-state index contributed by atoms with van der Waals surface area (Å²) >= 11 is 0. The van der Waals surface area contributed by atoms with E-state index in [0.717, 1.165) is 0 Å². The smallest absolute Gasteiger partial charge is 0.0109 e. The Kier molecular flexibility index (Phi) is 4.96. The lowest BCUT2D eigenvalue weighted by Crippen LogP contribution is -2.35. The Hall–Kier alpha value is -0.860. The molecule has 0 radical (unpaired) electrons. The van der Waals surface area contributed by atoms with Crippen molar-refractivity contribution in [2.24, 2.45) is 5.41 Å². The Balaban J connectivity index is 1.34. The molecule has 0 N–H and O–H groups in total. The third-order valence-corrected chi connectivity index (χ3v) is 6.88. The first-order valence-electron chi connectivity index (χ1n) is 10.3. The van der Waals surface area contributed by atoms with Crippen LogP contribution in [0.15, 0.2) is 18.2 Å². The van der Waals surface area contributed by atoms with Crippen LogP contribution in [0.3, 0.4) is 0 Å². The van der Waals surface area contributed by atoms with Gasteiger partial charge in [0.2, 0.25) is 0 Å². The van der Waals surface area contributed by atoms with Gasteiger partial charge in [0.25, 0.3) is 0 Å². The minimum Gasteiger partial charge on any atom is -0.302 e. The van der Waals surface area contributed by atoms with Crippen molar-refractivity contribution >= 4 is 0 Å². The fraction of sp³-hybridized carbons (Fsp3) is 0.727. The molecule has 2 heteroatoms. The summed E-state index contributed by atoms with van der Waals surface area (Å²) in [5.74, 6) is 0. The van der Waals surface area contributed by atoms with E-state index in [4.69, 9.17) is 0 Å². The fourth-order valence-corrected chi connectivity index (χ4v) is 5.28. The Morgan fingerprint density at radius 2 is 1.54 bits per heavy atom. The molecule has 3 aliphatic rings. The highest BCUT2D eigenvalue weighted by molar-refractivity contribution is 5.38. The van der Waals surface area contributed by atoms with E-state index in [0.29, 0.717) is 5.41 Å². The highest BCUT2D eigenvalue weighted by Gasteiger charge is 2.38. The quantitative estimate of drug-likeness (QED) is 0.827. The van der Waals surface area contributed by atoms with E-state index in [2.05, 4.69) is 34.9 Å². The molecule has 1 unspecified atom stereocenters. The average molecular weight is 327 g/mol. The summed E-state index contributed by atoms with van der Waals surface area (Å²) in [5, 5.41) is 0. The summed E-state index contributed by atoms with van der Waals surface area (Å²) in [4.78, 5) is 5.42. The number of rotatable bonds is 4. The van der Waals surface area contributed by atoms with Gasteiger partial charge >= 0.3 is 0 Å². The van der Waals surface area contributed by atoms with Crippen LogP contribution in [-0.2, 0) is 19.3 Å². The number of benzene rings is 1. The molecule has 2 saturated heterocycles. The number of likely N-dealkylation sites (tertiary alicyclic amines) is 2. The predicted octanol–water partition coefficient (Wildman–Crippen LogP) is 3.92. The van der Waals surface area contributed by atoms with E-state index in [-0.39, 0.29) is 0 Å². The maximum absolute atomic E-state index is 2.76. The van der Waals surface area contributed by atoms with Gasteiger partial charge in [-0.15, -0.1) is 0 Å². The van der Waals surface area contributed by atoms with Crippen LogP contribution in [0, 0.1) is 5.41 Å². The van der Waals surface area contributed by atoms with Crippen LogP contribution in [0.25, 0.3) is 0 Å². The molecule has 0 aromatic heterocycles. The van der Waals surface area contributed by atoms with Gasteiger partial charge in [-0.05, 0) is 99.7 Å². The highest BCUT2D eigenvalue weighted by atomic mass is 15.2. The van der Waals surface area contributed by atoms with E-state index >= 15 is 0 Å². The Morgan fingerprint density at radius 3 is 2.33 bits per heavy atom. The van der Waals surface area contributed by atoms with E-state index in [9.17, 15) is 0 Å². The van der Waals surface area contributed by atoms with Gasteiger partial charge in [-0.1, -0.05) is 25.1 Å². The average Bonchev–Trinajstić information content (AvgIpc) is 3.18. The predicted molar refractivity (Wildman–Crippen MR) is 102 cm³/mol. The first-order chi connectivity index (χ1) is 11.8. The lowest BCUT2D eigenvalue weighted by atomic mass is 9.78. The first-order valence-corrected chi connectivity index (χ1v) is 10.3. The molecule has 4 rings (SSSR count). The maximum atomic E-state index is 2.76. The standard InChI is InChI=1S/C22H34N2/c1-2-19-6-7-20-17-22(18-21(20)16-19)8-5-12-24(13-9-22)15-14-23-10-3-4-11-23/h6-7,16H,2-5,8-15,17-18H2,1H3. The monoisotopic (exact) mass is 326 g/mol. The van der Waals surface area contributed by atoms with Gasteiger partial charge in [-0.2, -0.15) is 0 Å². The summed E-state index contributed by atoms with van der Waals surface area (Å²) in [6, 6.07) is 7.29. The van der Waals surface area contributed by atoms with Gasteiger partial charge in [0.05, 0.1) is 0 Å². The van der Waals surface area contributed by atoms with Crippen molar-refractivity contribution in [2.75, 3.05) is 39.3 Å². The molecule has 2 fully saturated rings. The molecule has 24 heavy (non-hydrogen) atoms. The third-order valence-electron chi connectivity index (χ3n) is 6.88. The molecule has 0 saturated carbocycles. The van der Waals surface area contributed by atoms with E-state index in [1.807, 2.05) is 0 Å². The lowest BCUT2D eigenvalue weighted by Gasteiger charge is -2.28. The van der Waals surface area contributed by atoms with Crippen LogP contribution in [-0.4, -0.2) is 49.1 Å².